The van der Waals surface area contributed by atoms with Gasteiger partial charge in [0.05, 0.1) is 25.1 Å². The van der Waals surface area contributed by atoms with Crippen LogP contribution in [-0.2, 0) is 4.74 Å². The normalized spacial score (nSPS) is 20.5. The fourth-order valence-electron chi connectivity index (χ4n) is 5.02. The fraction of sp³-hybridized carbons (Fsp3) is 0.522. The van der Waals surface area contributed by atoms with Crippen molar-refractivity contribution in [3.8, 4) is 23.0 Å². The lowest BCUT2D eigenvalue weighted by molar-refractivity contribution is 0.0693. The number of hydrogen-bond donors (Lipinski definition) is 1. The lowest BCUT2D eigenvalue weighted by atomic mass is 9.79. The van der Waals surface area contributed by atoms with E-state index in [9.17, 15) is 14.7 Å². The molecule has 2 unspecified atom stereocenters. The van der Waals surface area contributed by atoms with E-state index in [1.807, 2.05) is 10.6 Å². The van der Waals surface area contributed by atoms with E-state index < -0.39 is 11.4 Å². The highest BCUT2D eigenvalue weighted by atomic mass is 16.5. The van der Waals surface area contributed by atoms with Gasteiger partial charge < -0.3 is 23.9 Å². The molecule has 3 heterocycles. The van der Waals surface area contributed by atoms with Crippen LogP contribution in [-0.4, -0.2) is 48.1 Å². The first kappa shape index (κ1) is 21.4. The van der Waals surface area contributed by atoms with Gasteiger partial charge in [-0.05, 0) is 29.9 Å². The Labute approximate surface area is 180 Å². The summed E-state index contributed by atoms with van der Waals surface area (Å²) in [5.41, 5.74) is 1.46. The Bertz CT molecular complexity index is 1070. The maximum Gasteiger partial charge on any atom is 0.341 e. The Morgan fingerprint density at radius 2 is 2.06 bits per heavy atom. The molecule has 1 fully saturated rings. The molecule has 2 aromatic rings. The highest BCUT2D eigenvalue weighted by Crippen LogP contribution is 2.59. The average Bonchev–Trinajstić information content (AvgIpc) is 3.05. The number of rotatable bonds is 7. The smallest absolute Gasteiger partial charge is 0.341 e. The molecule has 0 amide bonds. The SMILES string of the molecule is COCCCOc1cc2c(nc1OC)-c1cc(=O)c(C(=O)O)cn1C1C2CCC1(C)C. The van der Waals surface area contributed by atoms with Gasteiger partial charge in [-0.15, -0.1) is 0 Å². The summed E-state index contributed by atoms with van der Waals surface area (Å²) >= 11 is 0. The topological polar surface area (TPSA) is 99.9 Å². The molecule has 166 valence electrons. The van der Waals surface area contributed by atoms with Crippen LogP contribution in [0.1, 0.15) is 61.0 Å². The monoisotopic (exact) mass is 428 g/mol. The third kappa shape index (κ3) is 3.59. The van der Waals surface area contributed by atoms with Gasteiger partial charge in [0.25, 0.3) is 5.88 Å². The second-order valence-electron chi connectivity index (χ2n) is 8.86. The summed E-state index contributed by atoms with van der Waals surface area (Å²) in [5.74, 6) is -0.169. The maximum absolute atomic E-state index is 12.5. The van der Waals surface area contributed by atoms with Crippen LogP contribution in [0.5, 0.6) is 11.6 Å². The number of carbonyl (C=O) groups is 1. The molecule has 1 aliphatic heterocycles. The van der Waals surface area contributed by atoms with E-state index in [1.54, 1.807) is 7.11 Å². The quantitative estimate of drug-likeness (QED) is 0.674. The van der Waals surface area contributed by atoms with Crippen molar-refractivity contribution in [1.82, 2.24) is 9.55 Å². The zero-order valence-electron chi connectivity index (χ0n) is 18.3. The van der Waals surface area contributed by atoms with Crippen LogP contribution in [0.15, 0.2) is 23.1 Å². The van der Waals surface area contributed by atoms with E-state index in [-0.39, 0.29) is 22.9 Å². The fourth-order valence-corrected chi connectivity index (χ4v) is 5.02. The van der Waals surface area contributed by atoms with Gasteiger partial charge in [-0.2, -0.15) is 0 Å². The van der Waals surface area contributed by atoms with Crippen molar-refractivity contribution in [1.29, 1.82) is 0 Å². The Balaban J connectivity index is 1.88. The van der Waals surface area contributed by atoms with Gasteiger partial charge in [0, 0.05) is 44.4 Å². The Morgan fingerprint density at radius 1 is 1.29 bits per heavy atom. The molecule has 0 spiro atoms. The largest absolute Gasteiger partial charge is 0.488 e. The minimum Gasteiger partial charge on any atom is -0.488 e. The Kier molecular flexibility index (Phi) is 5.51. The molecule has 2 aliphatic rings. The molecular weight excluding hydrogens is 400 g/mol. The molecule has 8 nitrogen and oxygen atoms in total. The van der Waals surface area contributed by atoms with Crippen molar-refractivity contribution < 1.29 is 24.1 Å². The van der Waals surface area contributed by atoms with Crippen molar-refractivity contribution in [2.75, 3.05) is 27.4 Å². The number of aromatic nitrogens is 2. The second-order valence-corrected chi connectivity index (χ2v) is 8.86. The van der Waals surface area contributed by atoms with Crippen molar-refractivity contribution in [3.63, 3.8) is 0 Å². The first-order valence-corrected chi connectivity index (χ1v) is 10.5. The predicted molar refractivity (Wildman–Crippen MR) is 114 cm³/mol. The number of ether oxygens (including phenoxy) is 3. The Hall–Kier alpha value is -2.87. The zero-order valence-corrected chi connectivity index (χ0v) is 18.3. The molecule has 2 atom stereocenters. The van der Waals surface area contributed by atoms with Gasteiger partial charge in [0.15, 0.2) is 11.2 Å². The van der Waals surface area contributed by atoms with Crippen molar-refractivity contribution in [2.45, 2.75) is 45.1 Å². The summed E-state index contributed by atoms with van der Waals surface area (Å²) in [6.07, 6.45) is 4.14. The van der Waals surface area contributed by atoms with Crippen LogP contribution in [0.2, 0.25) is 0 Å². The minimum absolute atomic E-state index is 0.0187. The number of carboxylic acids is 1. The second kappa shape index (κ2) is 8.00. The van der Waals surface area contributed by atoms with Gasteiger partial charge in [0.1, 0.15) is 5.56 Å². The first-order chi connectivity index (χ1) is 14.8. The number of carboxylic acid groups (broad SMARTS) is 1. The van der Waals surface area contributed by atoms with E-state index in [0.29, 0.717) is 36.2 Å². The minimum atomic E-state index is -1.22. The number of methoxy groups -OCH3 is 2. The number of nitrogens with zero attached hydrogens (tertiary/aromatic N) is 2. The molecule has 1 aliphatic carbocycles. The summed E-state index contributed by atoms with van der Waals surface area (Å²) in [5, 5.41) is 9.50. The zero-order chi connectivity index (χ0) is 22.3. The van der Waals surface area contributed by atoms with Gasteiger partial charge in [-0.1, -0.05) is 13.8 Å². The number of pyridine rings is 2. The van der Waals surface area contributed by atoms with Gasteiger partial charge in [0.2, 0.25) is 0 Å². The molecule has 4 rings (SSSR count). The lowest BCUT2D eigenvalue weighted by Gasteiger charge is -2.39. The molecule has 0 aromatic carbocycles. The lowest BCUT2D eigenvalue weighted by Crippen LogP contribution is -2.32. The molecule has 8 heteroatoms. The van der Waals surface area contributed by atoms with Crippen LogP contribution < -0.4 is 14.9 Å². The summed E-state index contributed by atoms with van der Waals surface area (Å²) in [6, 6.07) is 3.38. The van der Waals surface area contributed by atoms with Crippen molar-refractivity contribution in [2.24, 2.45) is 5.41 Å². The number of hydrogen-bond acceptors (Lipinski definition) is 6. The molecule has 2 aromatic heterocycles. The van der Waals surface area contributed by atoms with E-state index in [2.05, 4.69) is 13.8 Å². The summed E-state index contributed by atoms with van der Waals surface area (Å²) < 4.78 is 18.4. The molecule has 0 bridgehead atoms. The standard InChI is InChI=1S/C23H28N2O6/c1-23(2)7-6-13-14-10-18(31-9-5-8-29-3)21(30-4)24-19(14)16-11-17(26)15(22(27)28)12-25(16)20(13)23/h10-13,20H,5-9H2,1-4H3,(H,27,28). The molecule has 0 saturated heterocycles. The van der Waals surface area contributed by atoms with E-state index in [1.165, 1.54) is 19.4 Å². The Morgan fingerprint density at radius 3 is 2.74 bits per heavy atom. The van der Waals surface area contributed by atoms with Gasteiger partial charge >= 0.3 is 5.97 Å². The average molecular weight is 428 g/mol. The molecular formula is C23H28N2O6. The van der Waals surface area contributed by atoms with Crippen molar-refractivity contribution >= 4 is 5.97 Å². The van der Waals surface area contributed by atoms with Crippen molar-refractivity contribution in [3.05, 3.63) is 39.7 Å². The van der Waals surface area contributed by atoms with Crippen LogP contribution in [0.25, 0.3) is 11.4 Å². The van der Waals surface area contributed by atoms with Crippen LogP contribution in [0, 0.1) is 5.41 Å². The molecule has 1 N–H and O–H groups in total. The first-order valence-electron chi connectivity index (χ1n) is 10.5. The third-order valence-electron chi connectivity index (χ3n) is 6.46. The maximum atomic E-state index is 12.5. The van der Waals surface area contributed by atoms with Crippen LogP contribution in [0.3, 0.4) is 0 Å². The predicted octanol–water partition coefficient (Wildman–Crippen LogP) is 3.49. The summed E-state index contributed by atoms with van der Waals surface area (Å²) in [7, 11) is 3.18. The van der Waals surface area contributed by atoms with Gasteiger partial charge in [-0.25, -0.2) is 9.78 Å². The highest BCUT2D eigenvalue weighted by Gasteiger charge is 2.48. The molecule has 31 heavy (non-hydrogen) atoms. The van der Waals surface area contributed by atoms with E-state index >= 15 is 0 Å². The molecule has 1 saturated carbocycles. The highest BCUT2D eigenvalue weighted by molar-refractivity contribution is 5.87. The number of aromatic carboxylic acids is 1. The van der Waals surface area contributed by atoms with Gasteiger partial charge in [-0.3, -0.25) is 4.79 Å². The van der Waals surface area contributed by atoms with Crippen LogP contribution in [0.4, 0.5) is 0 Å². The number of fused-ring (bicyclic) bond motifs is 6. The van der Waals surface area contributed by atoms with Crippen LogP contribution >= 0.6 is 0 Å². The van der Waals surface area contributed by atoms with E-state index in [0.717, 1.165) is 24.8 Å². The van der Waals surface area contributed by atoms with E-state index in [4.69, 9.17) is 19.2 Å². The summed E-state index contributed by atoms with van der Waals surface area (Å²) in [6.45, 7) is 5.44. The molecule has 0 radical (unpaired) electrons. The third-order valence-corrected chi connectivity index (χ3v) is 6.46. The summed E-state index contributed by atoms with van der Waals surface area (Å²) in [4.78, 5) is 28.9.